The van der Waals surface area contributed by atoms with Crippen molar-refractivity contribution in [2.24, 2.45) is 5.92 Å². The molecule has 1 unspecified atom stereocenters. The van der Waals surface area contributed by atoms with Crippen LogP contribution in [0.2, 0.25) is 0 Å². The van der Waals surface area contributed by atoms with Gasteiger partial charge in [0, 0.05) is 6.42 Å². The van der Waals surface area contributed by atoms with Gasteiger partial charge < -0.3 is 4.74 Å². The van der Waals surface area contributed by atoms with E-state index in [1.807, 2.05) is 19.1 Å². The van der Waals surface area contributed by atoms with Gasteiger partial charge in [0.25, 0.3) is 0 Å². The molecule has 0 N–H and O–H groups in total. The summed E-state index contributed by atoms with van der Waals surface area (Å²) in [6.45, 7) is 5.85. The number of ether oxygens (including phenoxy) is 1. The number of carbonyl (C=O) groups is 2. The Morgan fingerprint density at radius 1 is 1.00 bits per heavy atom. The summed E-state index contributed by atoms with van der Waals surface area (Å²) in [7, 11) is 0. The molecule has 3 nitrogen and oxygen atoms in total. The number of hydrogen-bond acceptors (Lipinski definition) is 3. The monoisotopic (exact) mass is 410 g/mol. The van der Waals surface area contributed by atoms with Gasteiger partial charge in [0.2, 0.25) is 5.78 Å². The summed E-state index contributed by atoms with van der Waals surface area (Å²) in [5, 5.41) is 0. The van der Waals surface area contributed by atoms with Gasteiger partial charge in [-0.15, -0.1) is 0 Å². The Bertz CT molecular complexity index is 715. The van der Waals surface area contributed by atoms with Gasteiger partial charge >= 0.3 is 5.97 Å². The number of unbranched alkanes of at least 4 members (excludes halogenated alkanes) is 4. The van der Waals surface area contributed by atoms with E-state index in [1.54, 1.807) is 6.92 Å². The predicted octanol–water partition coefficient (Wildman–Crippen LogP) is 6.85. The Balaban J connectivity index is 1.80. The van der Waals surface area contributed by atoms with Crippen molar-refractivity contribution in [2.45, 2.75) is 103 Å². The first-order chi connectivity index (χ1) is 14.5. The average molecular weight is 411 g/mol. The molecule has 0 amide bonds. The Labute approximate surface area is 183 Å². The summed E-state index contributed by atoms with van der Waals surface area (Å²) in [6.07, 6.45) is 12.7. The second kappa shape index (κ2) is 13.3. The molecule has 30 heavy (non-hydrogen) atoms. The number of ketones is 1. The molecule has 1 aromatic carbocycles. The zero-order chi connectivity index (χ0) is 21.8. The van der Waals surface area contributed by atoms with Crippen LogP contribution in [0, 0.1) is 17.8 Å². The molecule has 1 aromatic rings. The highest BCUT2D eigenvalue weighted by atomic mass is 16.5. The molecule has 1 atom stereocenters. The SMILES string of the molecule is CCCC#CC(=O)C(C)OC(=O)c1ccc([C@H]2CC[C@H](CCCCCC)CC2)cc1. The second-order valence-electron chi connectivity index (χ2n) is 8.65. The molecule has 164 valence electrons. The molecule has 0 saturated heterocycles. The molecule has 0 aromatic heterocycles. The third-order valence-corrected chi connectivity index (χ3v) is 6.17. The standard InChI is InChI=1S/C27H38O3/c1-4-6-8-10-11-22-13-15-23(16-14-22)24-17-19-25(20-18-24)27(29)30-21(3)26(28)12-9-7-5-2/h17-23H,4-8,10-11,13-16H2,1-3H3/t21?,22-,23-. The van der Waals surface area contributed by atoms with Crippen LogP contribution in [-0.4, -0.2) is 17.9 Å². The third-order valence-electron chi connectivity index (χ3n) is 6.17. The van der Waals surface area contributed by atoms with E-state index < -0.39 is 12.1 Å². The van der Waals surface area contributed by atoms with Gasteiger partial charge in [-0.3, -0.25) is 4.79 Å². The normalized spacial score (nSPS) is 19.4. The first-order valence-electron chi connectivity index (χ1n) is 11.9. The molecule has 0 bridgehead atoms. The van der Waals surface area contributed by atoms with E-state index in [0.717, 1.165) is 12.3 Å². The van der Waals surface area contributed by atoms with Crippen LogP contribution in [0.4, 0.5) is 0 Å². The fourth-order valence-corrected chi connectivity index (χ4v) is 4.19. The van der Waals surface area contributed by atoms with Crippen LogP contribution in [0.25, 0.3) is 0 Å². The van der Waals surface area contributed by atoms with E-state index in [9.17, 15) is 9.59 Å². The van der Waals surface area contributed by atoms with Gasteiger partial charge in [-0.1, -0.05) is 64.0 Å². The van der Waals surface area contributed by atoms with Gasteiger partial charge in [0.1, 0.15) is 0 Å². The van der Waals surface area contributed by atoms with Crippen molar-refractivity contribution < 1.29 is 14.3 Å². The zero-order valence-corrected chi connectivity index (χ0v) is 19.0. The van der Waals surface area contributed by atoms with E-state index in [-0.39, 0.29) is 5.78 Å². The zero-order valence-electron chi connectivity index (χ0n) is 19.0. The van der Waals surface area contributed by atoms with Crippen LogP contribution in [0.5, 0.6) is 0 Å². The molecule has 1 aliphatic carbocycles. The topological polar surface area (TPSA) is 43.4 Å². The molecular weight excluding hydrogens is 372 g/mol. The molecule has 0 aliphatic heterocycles. The number of hydrogen-bond donors (Lipinski definition) is 0. The highest BCUT2D eigenvalue weighted by molar-refractivity contribution is 6.01. The van der Waals surface area contributed by atoms with E-state index >= 15 is 0 Å². The van der Waals surface area contributed by atoms with Crippen molar-refractivity contribution in [1.29, 1.82) is 0 Å². The van der Waals surface area contributed by atoms with Gasteiger partial charge in [0.05, 0.1) is 5.56 Å². The van der Waals surface area contributed by atoms with Crippen LogP contribution in [0.3, 0.4) is 0 Å². The molecule has 0 heterocycles. The maximum atomic E-state index is 12.3. The van der Waals surface area contributed by atoms with Gasteiger partial charge in [-0.25, -0.2) is 4.79 Å². The first-order valence-corrected chi connectivity index (χ1v) is 11.9. The van der Waals surface area contributed by atoms with Gasteiger partial charge in [-0.2, -0.15) is 0 Å². The largest absolute Gasteiger partial charge is 0.450 e. The molecule has 1 saturated carbocycles. The number of esters is 1. The molecule has 0 spiro atoms. The van der Waals surface area contributed by atoms with E-state index in [0.29, 0.717) is 17.9 Å². The number of carbonyl (C=O) groups excluding carboxylic acids is 2. The molecule has 1 fully saturated rings. The summed E-state index contributed by atoms with van der Waals surface area (Å²) < 4.78 is 5.29. The smallest absolute Gasteiger partial charge is 0.338 e. The fourth-order valence-electron chi connectivity index (χ4n) is 4.19. The highest BCUT2D eigenvalue weighted by Crippen LogP contribution is 2.37. The summed E-state index contributed by atoms with van der Waals surface area (Å²) in [6, 6.07) is 7.76. The predicted molar refractivity (Wildman–Crippen MR) is 122 cm³/mol. The third kappa shape index (κ3) is 7.98. The lowest BCUT2D eigenvalue weighted by Crippen LogP contribution is -2.23. The summed E-state index contributed by atoms with van der Waals surface area (Å²) in [4.78, 5) is 24.3. The van der Waals surface area contributed by atoms with Crippen LogP contribution >= 0.6 is 0 Å². The van der Waals surface area contributed by atoms with Crippen LogP contribution in [-0.2, 0) is 9.53 Å². The molecule has 0 radical (unpaired) electrons. The molecule has 3 heteroatoms. The van der Waals surface area contributed by atoms with Crippen molar-refractivity contribution in [3.8, 4) is 11.8 Å². The minimum absolute atomic E-state index is 0.347. The average Bonchev–Trinajstić information content (AvgIpc) is 2.77. The summed E-state index contributed by atoms with van der Waals surface area (Å²) >= 11 is 0. The van der Waals surface area contributed by atoms with Gasteiger partial charge in [-0.05, 0) is 74.5 Å². The summed E-state index contributed by atoms with van der Waals surface area (Å²) in [5.41, 5.74) is 1.80. The molecular formula is C27H38O3. The minimum Gasteiger partial charge on any atom is -0.450 e. The maximum Gasteiger partial charge on any atom is 0.338 e. The quantitative estimate of drug-likeness (QED) is 0.183. The van der Waals surface area contributed by atoms with Gasteiger partial charge in [0.15, 0.2) is 6.10 Å². The summed E-state index contributed by atoms with van der Waals surface area (Å²) in [5.74, 6) is 6.03. The lowest BCUT2D eigenvalue weighted by atomic mass is 9.77. The minimum atomic E-state index is -0.839. The van der Waals surface area contributed by atoms with Crippen LogP contribution < -0.4 is 0 Å². The maximum absolute atomic E-state index is 12.3. The number of rotatable bonds is 10. The Morgan fingerprint density at radius 3 is 2.33 bits per heavy atom. The van der Waals surface area contributed by atoms with Crippen molar-refractivity contribution in [3.63, 3.8) is 0 Å². The van der Waals surface area contributed by atoms with E-state index in [2.05, 4.69) is 30.9 Å². The van der Waals surface area contributed by atoms with Crippen molar-refractivity contribution >= 4 is 11.8 Å². The number of Topliss-reactive ketones (excluding diaryl/α,β-unsaturated/α-hetero) is 1. The molecule has 2 rings (SSSR count). The molecule has 1 aliphatic rings. The van der Waals surface area contributed by atoms with Crippen molar-refractivity contribution in [2.75, 3.05) is 0 Å². The van der Waals surface area contributed by atoms with E-state index in [4.69, 9.17) is 4.74 Å². The van der Waals surface area contributed by atoms with E-state index in [1.165, 1.54) is 63.4 Å². The fraction of sp³-hybridized carbons (Fsp3) is 0.630. The lowest BCUT2D eigenvalue weighted by Gasteiger charge is -2.29. The van der Waals surface area contributed by atoms with Crippen molar-refractivity contribution in [3.05, 3.63) is 35.4 Å². The highest BCUT2D eigenvalue weighted by Gasteiger charge is 2.23. The Morgan fingerprint density at radius 2 is 1.70 bits per heavy atom. The van der Waals surface area contributed by atoms with Crippen LogP contribution in [0.15, 0.2) is 24.3 Å². The first kappa shape index (κ1) is 24.2. The Hall–Kier alpha value is -2.08. The second-order valence-corrected chi connectivity index (χ2v) is 8.65. The lowest BCUT2D eigenvalue weighted by molar-refractivity contribution is -0.121. The van der Waals surface area contributed by atoms with Crippen molar-refractivity contribution in [1.82, 2.24) is 0 Å². The Kier molecular flexibility index (Phi) is 10.7. The van der Waals surface area contributed by atoms with Crippen LogP contribution in [0.1, 0.15) is 113 Å². The number of benzene rings is 1.